The van der Waals surface area contributed by atoms with Crippen LogP contribution in [0.25, 0.3) is 0 Å². The third-order valence-corrected chi connectivity index (χ3v) is 3.27. The fourth-order valence-electron chi connectivity index (χ4n) is 1.90. The molecule has 1 aromatic carbocycles. The first-order chi connectivity index (χ1) is 9.15. The van der Waals surface area contributed by atoms with Crippen molar-refractivity contribution >= 4 is 0 Å². The molecule has 0 saturated heterocycles. The minimum Gasteiger partial charge on any atom is -0.380 e. The highest BCUT2D eigenvalue weighted by atomic mass is 16.5. The Hall–Kier alpha value is -1.12. The Morgan fingerprint density at radius 3 is 2.32 bits per heavy atom. The highest BCUT2D eigenvalue weighted by molar-refractivity contribution is 5.26. The van der Waals surface area contributed by atoms with Gasteiger partial charge in [-0.3, -0.25) is 0 Å². The zero-order valence-electron chi connectivity index (χ0n) is 12.5. The molecule has 106 valence electrons. The Morgan fingerprint density at radius 2 is 1.74 bits per heavy atom. The van der Waals surface area contributed by atoms with Gasteiger partial charge >= 0.3 is 0 Å². The molecule has 0 radical (unpaired) electrons. The van der Waals surface area contributed by atoms with Crippen LogP contribution in [0.15, 0.2) is 36.9 Å². The fraction of sp³-hybridized carbons (Fsp3) is 0.529. The largest absolute Gasteiger partial charge is 0.380 e. The van der Waals surface area contributed by atoms with Crippen LogP contribution in [0, 0.1) is 0 Å². The van der Waals surface area contributed by atoms with Gasteiger partial charge in [0.15, 0.2) is 0 Å². The third kappa shape index (κ3) is 6.04. The first-order valence-electron chi connectivity index (χ1n) is 7.17. The van der Waals surface area contributed by atoms with E-state index in [1.165, 1.54) is 11.1 Å². The van der Waals surface area contributed by atoms with Crippen LogP contribution in [-0.2, 0) is 4.74 Å². The lowest BCUT2D eigenvalue weighted by molar-refractivity contribution is 0.138. The molecule has 0 saturated carbocycles. The smallest absolute Gasteiger partial charge is 0.0591 e. The monoisotopic (exact) mass is 261 g/mol. The molecule has 0 fully saturated rings. The molecule has 1 unspecified atom stereocenters. The van der Waals surface area contributed by atoms with Crippen LogP contribution in [0.4, 0.5) is 0 Å². The van der Waals surface area contributed by atoms with Gasteiger partial charge in [0.1, 0.15) is 0 Å². The average Bonchev–Trinajstić information content (AvgIpc) is 2.42. The molecule has 2 nitrogen and oxygen atoms in total. The van der Waals surface area contributed by atoms with Gasteiger partial charge in [-0.25, -0.2) is 0 Å². The van der Waals surface area contributed by atoms with Crippen LogP contribution in [0.3, 0.4) is 0 Å². The molecule has 1 aromatic rings. The lowest BCUT2D eigenvalue weighted by Crippen LogP contribution is -2.23. The SMILES string of the molecule is C=CCCOCCNC(C)c1ccc(C(C)C)cc1. The van der Waals surface area contributed by atoms with E-state index in [1.54, 1.807) is 0 Å². The van der Waals surface area contributed by atoms with E-state index < -0.39 is 0 Å². The molecule has 2 heteroatoms. The summed E-state index contributed by atoms with van der Waals surface area (Å²) in [6.45, 7) is 12.7. The molecule has 0 aliphatic carbocycles. The number of nitrogens with one attached hydrogen (secondary N) is 1. The molecule has 0 heterocycles. The van der Waals surface area contributed by atoms with Crippen LogP contribution >= 0.6 is 0 Å². The van der Waals surface area contributed by atoms with E-state index in [4.69, 9.17) is 4.74 Å². The van der Waals surface area contributed by atoms with Gasteiger partial charge in [-0.2, -0.15) is 0 Å². The van der Waals surface area contributed by atoms with Crippen LogP contribution < -0.4 is 5.32 Å². The Kier molecular flexibility index (Phi) is 7.46. The molecule has 0 aliphatic rings. The van der Waals surface area contributed by atoms with Gasteiger partial charge in [0.25, 0.3) is 0 Å². The van der Waals surface area contributed by atoms with Gasteiger partial charge in [-0.05, 0) is 30.4 Å². The molecule has 0 aromatic heterocycles. The normalized spacial score (nSPS) is 12.6. The molecule has 0 aliphatic heterocycles. The molecular formula is C17H27NO. The van der Waals surface area contributed by atoms with E-state index >= 15 is 0 Å². The molecule has 1 rings (SSSR count). The van der Waals surface area contributed by atoms with Crippen LogP contribution in [0.5, 0.6) is 0 Å². The summed E-state index contributed by atoms with van der Waals surface area (Å²) in [5.41, 5.74) is 2.72. The second-order valence-corrected chi connectivity index (χ2v) is 5.19. The zero-order valence-corrected chi connectivity index (χ0v) is 12.5. The molecule has 0 amide bonds. The quantitative estimate of drug-likeness (QED) is 0.535. The Morgan fingerprint density at radius 1 is 1.11 bits per heavy atom. The number of hydrogen-bond acceptors (Lipinski definition) is 2. The van der Waals surface area contributed by atoms with Crippen molar-refractivity contribution in [1.29, 1.82) is 0 Å². The van der Waals surface area contributed by atoms with E-state index in [0.717, 1.165) is 26.2 Å². The summed E-state index contributed by atoms with van der Waals surface area (Å²) < 4.78 is 5.48. The number of rotatable bonds is 9. The predicted octanol–water partition coefficient (Wildman–Crippen LogP) is 4.05. The molecule has 1 atom stereocenters. The van der Waals surface area contributed by atoms with Gasteiger partial charge in [-0.15, -0.1) is 6.58 Å². The van der Waals surface area contributed by atoms with Gasteiger partial charge in [0, 0.05) is 12.6 Å². The van der Waals surface area contributed by atoms with Gasteiger partial charge in [0.05, 0.1) is 13.2 Å². The second kappa shape index (κ2) is 8.89. The van der Waals surface area contributed by atoms with Crippen molar-refractivity contribution in [3.05, 3.63) is 48.0 Å². The summed E-state index contributed by atoms with van der Waals surface area (Å²) in [5.74, 6) is 0.593. The standard InChI is InChI=1S/C17H27NO/c1-5-6-12-19-13-11-18-15(4)17-9-7-16(8-10-17)14(2)3/h5,7-10,14-15,18H,1,6,11-13H2,2-4H3. The van der Waals surface area contributed by atoms with Crippen molar-refractivity contribution in [2.75, 3.05) is 19.8 Å². The minimum atomic E-state index is 0.365. The summed E-state index contributed by atoms with van der Waals surface area (Å²) in [7, 11) is 0. The maximum Gasteiger partial charge on any atom is 0.0591 e. The molecule has 1 N–H and O–H groups in total. The maximum absolute atomic E-state index is 5.48. The minimum absolute atomic E-state index is 0.365. The predicted molar refractivity (Wildman–Crippen MR) is 82.6 cm³/mol. The van der Waals surface area contributed by atoms with E-state index in [1.807, 2.05) is 6.08 Å². The number of benzene rings is 1. The van der Waals surface area contributed by atoms with Crippen LogP contribution in [-0.4, -0.2) is 19.8 Å². The highest BCUT2D eigenvalue weighted by Gasteiger charge is 2.05. The number of ether oxygens (including phenoxy) is 1. The lowest BCUT2D eigenvalue weighted by Gasteiger charge is -2.15. The third-order valence-electron chi connectivity index (χ3n) is 3.27. The Labute approximate surface area is 117 Å². The molecular weight excluding hydrogens is 234 g/mol. The summed E-state index contributed by atoms with van der Waals surface area (Å²) in [4.78, 5) is 0. The number of hydrogen-bond donors (Lipinski definition) is 1. The second-order valence-electron chi connectivity index (χ2n) is 5.19. The maximum atomic E-state index is 5.48. The van der Waals surface area contributed by atoms with Crippen molar-refractivity contribution in [3.63, 3.8) is 0 Å². The molecule has 0 spiro atoms. The molecule has 0 bridgehead atoms. The summed E-state index contributed by atoms with van der Waals surface area (Å²) in [6, 6.07) is 9.23. The fourth-order valence-corrected chi connectivity index (χ4v) is 1.90. The van der Waals surface area contributed by atoms with Gasteiger partial charge < -0.3 is 10.1 Å². The van der Waals surface area contributed by atoms with E-state index in [0.29, 0.717) is 12.0 Å². The van der Waals surface area contributed by atoms with Crippen LogP contribution in [0.1, 0.15) is 50.3 Å². The summed E-state index contributed by atoms with van der Waals surface area (Å²) in [5, 5.41) is 3.47. The summed E-state index contributed by atoms with van der Waals surface area (Å²) in [6.07, 6.45) is 2.80. The van der Waals surface area contributed by atoms with E-state index in [9.17, 15) is 0 Å². The zero-order chi connectivity index (χ0) is 14.1. The lowest BCUT2D eigenvalue weighted by atomic mass is 10.00. The van der Waals surface area contributed by atoms with E-state index in [-0.39, 0.29) is 0 Å². The molecule has 19 heavy (non-hydrogen) atoms. The van der Waals surface area contributed by atoms with Crippen molar-refractivity contribution in [2.45, 2.75) is 39.2 Å². The van der Waals surface area contributed by atoms with Gasteiger partial charge in [0.2, 0.25) is 0 Å². The topological polar surface area (TPSA) is 21.3 Å². The highest BCUT2D eigenvalue weighted by Crippen LogP contribution is 2.18. The Bertz CT molecular complexity index is 356. The van der Waals surface area contributed by atoms with Crippen molar-refractivity contribution in [3.8, 4) is 0 Å². The van der Waals surface area contributed by atoms with Crippen LogP contribution in [0.2, 0.25) is 0 Å². The average molecular weight is 261 g/mol. The van der Waals surface area contributed by atoms with Crippen molar-refractivity contribution in [1.82, 2.24) is 5.32 Å². The van der Waals surface area contributed by atoms with Crippen molar-refractivity contribution in [2.24, 2.45) is 0 Å². The van der Waals surface area contributed by atoms with E-state index in [2.05, 4.69) is 56.9 Å². The first-order valence-corrected chi connectivity index (χ1v) is 7.17. The first kappa shape index (κ1) is 15.9. The van der Waals surface area contributed by atoms with Gasteiger partial charge in [-0.1, -0.05) is 44.2 Å². The Balaban J connectivity index is 2.28. The van der Waals surface area contributed by atoms with Crippen molar-refractivity contribution < 1.29 is 4.74 Å². The summed E-state index contributed by atoms with van der Waals surface area (Å²) >= 11 is 0.